The van der Waals surface area contributed by atoms with Crippen molar-refractivity contribution in [1.29, 1.82) is 0 Å². The van der Waals surface area contributed by atoms with Gasteiger partial charge in [0.25, 0.3) is 0 Å². The molecule has 2 aliphatic rings. The van der Waals surface area contributed by atoms with Crippen molar-refractivity contribution in [3.8, 4) is 0 Å². The Hall–Kier alpha value is -0.870. The zero-order chi connectivity index (χ0) is 12.4. The summed E-state index contributed by atoms with van der Waals surface area (Å²) < 4.78 is 2.26. The van der Waals surface area contributed by atoms with E-state index in [2.05, 4.69) is 32.9 Å². The van der Waals surface area contributed by atoms with Crippen LogP contribution in [-0.2, 0) is 6.54 Å². The molecule has 4 heteroatoms. The molecule has 0 aromatic carbocycles. The largest absolute Gasteiger partial charge is 0.334 e. The van der Waals surface area contributed by atoms with Crippen molar-refractivity contribution in [2.45, 2.75) is 38.8 Å². The number of fused-ring (bicyclic) bond motifs is 1. The van der Waals surface area contributed by atoms with Crippen LogP contribution < -0.4 is 5.32 Å². The predicted octanol–water partition coefficient (Wildman–Crippen LogP) is 1.27. The average molecular weight is 248 g/mol. The van der Waals surface area contributed by atoms with Crippen molar-refractivity contribution in [3.63, 3.8) is 0 Å². The minimum absolute atomic E-state index is 0.796. The van der Waals surface area contributed by atoms with Crippen molar-refractivity contribution < 1.29 is 0 Å². The van der Waals surface area contributed by atoms with E-state index in [0.717, 1.165) is 24.3 Å². The lowest BCUT2D eigenvalue weighted by Gasteiger charge is -2.41. The SMILES string of the molecule is Cc1nccn1CCN1CCC2NCCCC2C1. The second-order valence-electron chi connectivity index (χ2n) is 5.72. The monoisotopic (exact) mass is 248 g/mol. The topological polar surface area (TPSA) is 33.1 Å². The van der Waals surface area contributed by atoms with Gasteiger partial charge < -0.3 is 14.8 Å². The molecule has 2 atom stereocenters. The molecule has 1 aromatic rings. The predicted molar refractivity (Wildman–Crippen MR) is 72.5 cm³/mol. The Balaban J connectivity index is 1.50. The number of nitrogens with one attached hydrogen (secondary N) is 1. The smallest absolute Gasteiger partial charge is 0.105 e. The zero-order valence-corrected chi connectivity index (χ0v) is 11.3. The summed E-state index contributed by atoms with van der Waals surface area (Å²) in [4.78, 5) is 6.91. The van der Waals surface area contributed by atoms with Gasteiger partial charge in [0.15, 0.2) is 0 Å². The van der Waals surface area contributed by atoms with Crippen LogP contribution in [0.15, 0.2) is 12.4 Å². The Morgan fingerprint density at radius 2 is 2.33 bits per heavy atom. The minimum Gasteiger partial charge on any atom is -0.334 e. The number of hydrogen-bond donors (Lipinski definition) is 1. The second-order valence-corrected chi connectivity index (χ2v) is 5.72. The number of piperidine rings is 2. The van der Waals surface area contributed by atoms with Gasteiger partial charge in [0.05, 0.1) is 0 Å². The van der Waals surface area contributed by atoms with E-state index in [1.165, 1.54) is 45.4 Å². The van der Waals surface area contributed by atoms with E-state index < -0.39 is 0 Å². The number of aryl methyl sites for hydroxylation is 1. The first-order chi connectivity index (χ1) is 8.83. The first-order valence-corrected chi connectivity index (χ1v) is 7.26. The first kappa shape index (κ1) is 12.2. The van der Waals surface area contributed by atoms with Gasteiger partial charge >= 0.3 is 0 Å². The molecule has 4 nitrogen and oxygen atoms in total. The van der Waals surface area contributed by atoms with Gasteiger partial charge in [-0.05, 0) is 45.2 Å². The van der Waals surface area contributed by atoms with E-state index in [4.69, 9.17) is 0 Å². The van der Waals surface area contributed by atoms with Crippen LogP contribution in [0, 0.1) is 12.8 Å². The molecule has 3 rings (SSSR count). The van der Waals surface area contributed by atoms with Gasteiger partial charge in [0.1, 0.15) is 5.82 Å². The van der Waals surface area contributed by atoms with E-state index in [9.17, 15) is 0 Å². The lowest BCUT2D eigenvalue weighted by atomic mass is 9.85. The van der Waals surface area contributed by atoms with Gasteiger partial charge in [-0.2, -0.15) is 0 Å². The van der Waals surface area contributed by atoms with Gasteiger partial charge in [-0.3, -0.25) is 0 Å². The normalized spacial score (nSPS) is 29.2. The molecular weight excluding hydrogens is 224 g/mol. The molecule has 0 bridgehead atoms. The third kappa shape index (κ3) is 2.59. The van der Waals surface area contributed by atoms with E-state index in [-0.39, 0.29) is 0 Å². The average Bonchev–Trinajstić information content (AvgIpc) is 2.82. The quantitative estimate of drug-likeness (QED) is 0.874. The summed E-state index contributed by atoms with van der Waals surface area (Å²) in [5, 5.41) is 3.68. The number of rotatable bonds is 3. The van der Waals surface area contributed by atoms with Crippen molar-refractivity contribution in [2.75, 3.05) is 26.2 Å². The molecule has 0 aliphatic carbocycles. The highest BCUT2D eigenvalue weighted by molar-refractivity contribution is 4.90. The van der Waals surface area contributed by atoms with Gasteiger partial charge in [0, 0.05) is 38.1 Å². The fraction of sp³-hybridized carbons (Fsp3) is 0.786. The highest BCUT2D eigenvalue weighted by Gasteiger charge is 2.30. The molecule has 1 N–H and O–H groups in total. The van der Waals surface area contributed by atoms with E-state index in [1.807, 2.05) is 6.20 Å². The van der Waals surface area contributed by atoms with Gasteiger partial charge in [0.2, 0.25) is 0 Å². The fourth-order valence-corrected chi connectivity index (χ4v) is 3.41. The number of aromatic nitrogens is 2. The number of nitrogens with zero attached hydrogens (tertiary/aromatic N) is 3. The third-order valence-electron chi connectivity index (χ3n) is 4.56. The van der Waals surface area contributed by atoms with E-state index in [1.54, 1.807) is 0 Å². The van der Waals surface area contributed by atoms with Gasteiger partial charge in [-0.25, -0.2) is 4.98 Å². The Kier molecular flexibility index (Phi) is 3.66. The maximum absolute atomic E-state index is 4.28. The van der Waals surface area contributed by atoms with Crippen LogP contribution >= 0.6 is 0 Å². The fourth-order valence-electron chi connectivity index (χ4n) is 3.41. The lowest BCUT2D eigenvalue weighted by Crippen LogP contribution is -2.52. The maximum atomic E-state index is 4.28. The highest BCUT2D eigenvalue weighted by Crippen LogP contribution is 2.24. The Morgan fingerprint density at radius 3 is 3.17 bits per heavy atom. The molecule has 2 fully saturated rings. The summed E-state index contributed by atoms with van der Waals surface area (Å²) in [6.45, 7) is 8.09. The number of hydrogen-bond acceptors (Lipinski definition) is 3. The first-order valence-electron chi connectivity index (χ1n) is 7.26. The molecule has 3 heterocycles. The molecule has 100 valence electrons. The summed E-state index contributed by atoms with van der Waals surface area (Å²) in [5.41, 5.74) is 0. The van der Waals surface area contributed by atoms with Crippen LogP contribution in [0.1, 0.15) is 25.1 Å². The van der Waals surface area contributed by atoms with Crippen LogP contribution in [0.2, 0.25) is 0 Å². The molecule has 0 amide bonds. The molecule has 2 aliphatic heterocycles. The molecule has 0 spiro atoms. The molecule has 2 saturated heterocycles. The van der Waals surface area contributed by atoms with Crippen molar-refractivity contribution in [1.82, 2.24) is 19.8 Å². The lowest BCUT2D eigenvalue weighted by molar-refractivity contribution is 0.111. The highest BCUT2D eigenvalue weighted by atomic mass is 15.2. The molecule has 1 aromatic heterocycles. The molecular formula is C14H24N4. The summed E-state index contributed by atoms with van der Waals surface area (Å²) >= 11 is 0. The summed E-state index contributed by atoms with van der Waals surface area (Å²) in [6.07, 6.45) is 8.08. The van der Waals surface area contributed by atoms with Crippen molar-refractivity contribution >= 4 is 0 Å². The number of likely N-dealkylation sites (tertiary alicyclic amines) is 1. The van der Waals surface area contributed by atoms with Crippen LogP contribution in [0.3, 0.4) is 0 Å². The van der Waals surface area contributed by atoms with Crippen LogP contribution in [0.25, 0.3) is 0 Å². The summed E-state index contributed by atoms with van der Waals surface area (Å²) in [7, 11) is 0. The maximum Gasteiger partial charge on any atom is 0.105 e. The zero-order valence-electron chi connectivity index (χ0n) is 11.3. The molecule has 2 unspecified atom stereocenters. The second kappa shape index (κ2) is 5.41. The van der Waals surface area contributed by atoms with Crippen molar-refractivity contribution in [3.05, 3.63) is 18.2 Å². The molecule has 0 radical (unpaired) electrons. The Morgan fingerprint density at radius 1 is 1.39 bits per heavy atom. The molecule has 0 saturated carbocycles. The summed E-state index contributed by atoms with van der Waals surface area (Å²) in [5.74, 6) is 2.01. The Bertz CT molecular complexity index is 387. The minimum atomic E-state index is 0.796. The Labute approximate surface area is 109 Å². The van der Waals surface area contributed by atoms with Crippen molar-refractivity contribution in [2.24, 2.45) is 5.92 Å². The van der Waals surface area contributed by atoms with Crippen LogP contribution in [0.4, 0.5) is 0 Å². The third-order valence-corrected chi connectivity index (χ3v) is 4.56. The van der Waals surface area contributed by atoms with Crippen LogP contribution in [0.5, 0.6) is 0 Å². The summed E-state index contributed by atoms with van der Waals surface area (Å²) in [6, 6.07) is 0.796. The van der Waals surface area contributed by atoms with Gasteiger partial charge in [-0.1, -0.05) is 0 Å². The van der Waals surface area contributed by atoms with E-state index >= 15 is 0 Å². The van der Waals surface area contributed by atoms with E-state index in [0.29, 0.717) is 0 Å². The van der Waals surface area contributed by atoms with Crippen LogP contribution in [-0.4, -0.2) is 46.7 Å². The number of imidazole rings is 1. The standard InChI is InChI=1S/C14H24N4/c1-12-15-6-8-18(12)10-9-17-7-4-14-13(11-17)3-2-5-16-14/h6,8,13-14,16H,2-5,7,9-11H2,1H3. The molecule has 18 heavy (non-hydrogen) atoms. The van der Waals surface area contributed by atoms with Gasteiger partial charge in [-0.15, -0.1) is 0 Å².